The van der Waals surface area contributed by atoms with Crippen LogP contribution in [0.15, 0.2) is 12.4 Å². The molecule has 0 fully saturated rings. The molecule has 4 heteroatoms. The Bertz CT molecular complexity index is 260. The Labute approximate surface area is 90.1 Å². The van der Waals surface area contributed by atoms with E-state index in [9.17, 15) is 0 Å². The Morgan fingerprint density at radius 1 is 1.64 bits per heavy atom. The SMILES string of the molecule is CCn1ccnc1CSCC(C)CN. The molecule has 0 aliphatic rings. The standard InChI is InChI=1S/C10H19N3S/c1-3-13-5-4-12-10(13)8-14-7-9(2)6-11/h4-5,9H,3,6-8,11H2,1-2H3. The highest BCUT2D eigenvalue weighted by Crippen LogP contribution is 2.13. The van der Waals surface area contributed by atoms with E-state index in [0.29, 0.717) is 5.92 Å². The smallest absolute Gasteiger partial charge is 0.118 e. The summed E-state index contributed by atoms with van der Waals surface area (Å²) in [5.41, 5.74) is 5.55. The van der Waals surface area contributed by atoms with Crippen LogP contribution >= 0.6 is 11.8 Å². The summed E-state index contributed by atoms with van der Waals surface area (Å²) >= 11 is 1.91. The van der Waals surface area contributed by atoms with E-state index in [1.165, 1.54) is 5.82 Å². The molecule has 0 aromatic carbocycles. The van der Waals surface area contributed by atoms with Crippen molar-refractivity contribution in [1.29, 1.82) is 0 Å². The average Bonchev–Trinajstić information content (AvgIpc) is 2.65. The van der Waals surface area contributed by atoms with Crippen LogP contribution in [0.25, 0.3) is 0 Å². The fraction of sp³-hybridized carbons (Fsp3) is 0.700. The molecule has 0 aliphatic heterocycles. The highest BCUT2D eigenvalue weighted by atomic mass is 32.2. The number of rotatable bonds is 6. The van der Waals surface area contributed by atoms with Crippen molar-refractivity contribution in [3.05, 3.63) is 18.2 Å². The van der Waals surface area contributed by atoms with Gasteiger partial charge in [0.2, 0.25) is 0 Å². The Morgan fingerprint density at radius 2 is 2.43 bits per heavy atom. The van der Waals surface area contributed by atoms with Crippen LogP contribution in [-0.4, -0.2) is 21.8 Å². The first-order chi connectivity index (χ1) is 6.77. The van der Waals surface area contributed by atoms with Crippen molar-refractivity contribution in [2.75, 3.05) is 12.3 Å². The van der Waals surface area contributed by atoms with E-state index in [2.05, 4.69) is 23.4 Å². The summed E-state index contributed by atoms with van der Waals surface area (Å²) in [7, 11) is 0. The number of aryl methyl sites for hydroxylation is 1. The number of nitrogens with two attached hydrogens (primary N) is 1. The third-order valence-corrected chi connectivity index (χ3v) is 3.45. The van der Waals surface area contributed by atoms with Crippen LogP contribution in [0.3, 0.4) is 0 Å². The topological polar surface area (TPSA) is 43.8 Å². The first kappa shape index (κ1) is 11.6. The zero-order chi connectivity index (χ0) is 10.4. The lowest BCUT2D eigenvalue weighted by molar-refractivity contribution is 0.674. The van der Waals surface area contributed by atoms with Gasteiger partial charge in [0.1, 0.15) is 5.82 Å². The molecule has 0 saturated heterocycles. The number of imidazole rings is 1. The zero-order valence-electron chi connectivity index (χ0n) is 8.94. The highest BCUT2D eigenvalue weighted by molar-refractivity contribution is 7.98. The van der Waals surface area contributed by atoms with Crippen LogP contribution in [0.4, 0.5) is 0 Å². The molecular formula is C10H19N3S. The molecular weight excluding hydrogens is 194 g/mol. The van der Waals surface area contributed by atoms with Gasteiger partial charge in [0.25, 0.3) is 0 Å². The predicted molar refractivity (Wildman–Crippen MR) is 62.3 cm³/mol. The van der Waals surface area contributed by atoms with Crippen molar-refractivity contribution in [3.8, 4) is 0 Å². The quantitative estimate of drug-likeness (QED) is 0.782. The molecule has 1 heterocycles. The van der Waals surface area contributed by atoms with Gasteiger partial charge in [-0.3, -0.25) is 0 Å². The van der Waals surface area contributed by atoms with Crippen LogP contribution in [0, 0.1) is 5.92 Å². The third-order valence-electron chi connectivity index (χ3n) is 2.18. The van der Waals surface area contributed by atoms with Gasteiger partial charge < -0.3 is 10.3 Å². The van der Waals surface area contributed by atoms with Crippen molar-refractivity contribution in [1.82, 2.24) is 9.55 Å². The Hall–Kier alpha value is -0.480. The molecule has 0 bridgehead atoms. The normalized spacial score (nSPS) is 13.1. The monoisotopic (exact) mass is 213 g/mol. The van der Waals surface area contributed by atoms with Crippen molar-refractivity contribution in [2.24, 2.45) is 11.7 Å². The average molecular weight is 213 g/mol. The summed E-state index contributed by atoms with van der Waals surface area (Å²) in [6.45, 7) is 6.09. The molecule has 0 amide bonds. The largest absolute Gasteiger partial charge is 0.335 e. The maximum absolute atomic E-state index is 5.55. The molecule has 1 rings (SSSR count). The van der Waals surface area contributed by atoms with Crippen LogP contribution in [0.5, 0.6) is 0 Å². The summed E-state index contributed by atoms with van der Waals surface area (Å²) in [4.78, 5) is 4.32. The second-order valence-corrected chi connectivity index (χ2v) is 4.52. The first-order valence-electron chi connectivity index (χ1n) is 5.05. The van der Waals surface area contributed by atoms with Crippen LogP contribution in [0.1, 0.15) is 19.7 Å². The first-order valence-corrected chi connectivity index (χ1v) is 6.21. The number of thioether (sulfide) groups is 1. The third kappa shape index (κ3) is 3.35. The van der Waals surface area contributed by atoms with Crippen molar-refractivity contribution >= 4 is 11.8 Å². The van der Waals surface area contributed by atoms with Crippen molar-refractivity contribution in [3.63, 3.8) is 0 Å². The van der Waals surface area contributed by atoms with E-state index >= 15 is 0 Å². The van der Waals surface area contributed by atoms with E-state index in [4.69, 9.17) is 5.73 Å². The lowest BCUT2D eigenvalue weighted by Crippen LogP contribution is -2.13. The fourth-order valence-corrected chi connectivity index (χ4v) is 2.27. The number of aromatic nitrogens is 2. The Morgan fingerprint density at radius 3 is 3.07 bits per heavy atom. The fourth-order valence-electron chi connectivity index (χ4n) is 1.19. The summed E-state index contributed by atoms with van der Waals surface area (Å²) in [6.07, 6.45) is 3.90. The van der Waals surface area contributed by atoms with Crippen molar-refractivity contribution < 1.29 is 0 Å². The molecule has 1 unspecified atom stereocenters. The highest BCUT2D eigenvalue weighted by Gasteiger charge is 2.03. The summed E-state index contributed by atoms with van der Waals surface area (Å²) in [5, 5.41) is 0. The molecule has 0 spiro atoms. The van der Waals surface area contributed by atoms with E-state index in [1.54, 1.807) is 0 Å². The molecule has 0 radical (unpaired) electrons. The minimum absolute atomic E-state index is 0.602. The number of hydrogen-bond donors (Lipinski definition) is 1. The molecule has 3 nitrogen and oxygen atoms in total. The Kier molecular flexibility index (Phi) is 5.04. The lowest BCUT2D eigenvalue weighted by Gasteiger charge is -2.08. The van der Waals surface area contributed by atoms with Crippen molar-refractivity contribution in [2.45, 2.75) is 26.1 Å². The number of nitrogens with zero attached hydrogens (tertiary/aromatic N) is 2. The van der Waals surface area contributed by atoms with Crippen LogP contribution < -0.4 is 5.73 Å². The van der Waals surface area contributed by atoms with Gasteiger partial charge in [0, 0.05) is 18.9 Å². The maximum Gasteiger partial charge on any atom is 0.118 e. The molecule has 14 heavy (non-hydrogen) atoms. The lowest BCUT2D eigenvalue weighted by atomic mass is 10.2. The van der Waals surface area contributed by atoms with Gasteiger partial charge >= 0.3 is 0 Å². The van der Waals surface area contributed by atoms with E-state index in [0.717, 1.165) is 24.6 Å². The second kappa shape index (κ2) is 6.09. The van der Waals surface area contributed by atoms with E-state index < -0.39 is 0 Å². The summed E-state index contributed by atoms with van der Waals surface area (Å²) in [6, 6.07) is 0. The van der Waals surface area contributed by atoms with E-state index in [1.807, 2.05) is 24.2 Å². The maximum atomic E-state index is 5.55. The minimum atomic E-state index is 0.602. The van der Waals surface area contributed by atoms with Gasteiger partial charge in [-0.15, -0.1) is 0 Å². The summed E-state index contributed by atoms with van der Waals surface area (Å²) in [5.74, 6) is 3.88. The molecule has 2 N–H and O–H groups in total. The minimum Gasteiger partial charge on any atom is -0.335 e. The van der Waals surface area contributed by atoms with Gasteiger partial charge in [-0.1, -0.05) is 6.92 Å². The van der Waals surface area contributed by atoms with Gasteiger partial charge in [0.15, 0.2) is 0 Å². The molecule has 1 atom stereocenters. The van der Waals surface area contributed by atoms with Gasteiger partial charge in [-0.25, -0.2) is 4.98 Å². The van der Waals surface area contributed by atoms with Crippen LogP contribution in [-0.2, 0) is 12.3 Å². The molecule has 0 saturated carbocycles. The predicted octanol–water partition coefficient (Wildman–Crippen LogP) is 1.73. The Balaban J connectivity index is 2.31. The van der Waals surface area contributed by atoms with E-state index in [-0.39, 0.29) is 0 Å². The summed E-state index contributed by atoms with van der Waals surface area (Å²) < 4.78 is 2.18. The molecule has 80 valence electrons. The van der Waals surface area contributed by atoms with Gasteiger partial charge in [-0.2, -0.15) is 11.8 Å². The van der Waals surface area contributed by atoms with Gasteiger partial charge in [-0.05, 0) is 25.1 Å². The number of hydrogen-bond acceptors (Lipinski definition) is 3. The zero-order valence-corrected chi connectivity index (χ0v) is 9.76. The molecule has 0 aliphatic carbocycles. The molecule has 1 aromatic heterocycles. The second-order valence-electron chi connectivity index (χ2n) is 3.49. The van der Waals surface area contributed by atoms with Gasteiger partial charge in [0.05, 0.1) is 5.75 Å². The van der Waals surface area contributed by atoms with Crippen LogP contribution in [0.2, 0.25) is 0 Å². The molecule has 1 aromatic rings.